The van der Waals surface area contributed by atoms with Crippen molar-refractivity contribution in [2.24, 2.45) is 11.7 Å². The van der Waals surface area contributed by atoms with Crippen LogP contribution in [0.4, 0.5) is 0 Å². The first-order valence-corrected chi connectivity index (χ1v) is 8.44. The summed E-state index contributed by atoms with van der Waals surface area (Å²) in [6, 6.07) is 9.62. The summed E-state index contributed by atoms with van der Waals surface area (Å²) in [5, 5.41) is 0. The molecule has 2 aliphatic rings. The van der Waals surface area contributed by atoms with E-state index in [0.29, 0.717) is 30.8 Å². The standard InChI is InChI=1S/C20H20N2O4/c1-2-14-18(19(24)20(21)25)17-15(9-6-10-16(17)26-12-23)22(14)11-13-7-4-3-5-8-13/h3-10,12,15,17H,2,11H2,1H3,(H2,21,25). The highest BCUT2D eigenvalue weighted by atomic mass is 16.5. The summed E-state index contributed by atoms with van der Waals surface area (Å²) in [5.74, 6) is -1.92. The van der Waals surface area contributed by atoms with Crippen LogP contribution in [0.2, 0.25) is 0 Å². The van der Waals surface area contributed by atoms with E-state index < -0.39 is 17.6 Å². The number of ketones is 1. The summed E-state index contributed by atoms with van der Waals surface area (Å²) < 4.78 is 5.11. The highest BCUT2D eigenvalue weighted by Crippen LogP contribution is 2.43. The Bertz CT molecular complexity index is 823. The first-order valence-electron chi connectivity index (χ1n) is 8.44. The Morgan fingerprint density at radius 1 is 1.27 bits per heavy atom. The molecule has 3 rings (SSSR count). The fraction of sp³-hybridized carbons (Fsp3) is 0.250. The van der Waals surface area contributed by atoms with Crippen molar-refractivity contribution in [3.63, 3.8) is 0 Å². The van der Waals surface area contributed by atoms with Gasteiger partial charge in [-0.2, -0.15) is 0 Å². The minimum absolute atomic E-state index is 0.219. The smallest absolute Gasteiger partial charge is 0.298 e. The topological polar surface area (TPSA) is 89.7 Å². The fourth-order valence-corrected chi connectivity index (χ4v) is 3.71. The number of Topliss-reactive ketones (excluding diaryl/α,β-unsaturated/α-hetero) is 1. The molecule has 1 aromatic carbocycles. The monoisotopic (exact) mass is 352 g/mol. The Morgan fingerprint density at radius 3 is 2.62 bits per heavy atom. The largest absolute Gasteiger partial charge is 0.433 e. The molecular weight excluding hydrogens is 332 g/mol. The van der Waals surface area contributed by atoms with Gasteiger partial charge in [-0.05, 0) is 18.1 Å². The maximum Gasteiger partial charge on any atom is 0.298 e. The SMILES string of the molecule is CCC1=C(C(=O)C(N)=O)C2C(OC=O)=CC=CC2N1Cc1ccccc1. The average Bonchev–Trinajstić information content (AvgIpc) is 2.96. The molecule has 2 unspecified atom stereocenters. The summed E-state index contributed by atoms with van der Waals surface area (Å²) in [7, 11) is 0. The zero-order chi connectivity index (χ0) is 18.7. The Kier molecular flexibility index (Phi) is 5.02. The molecule has 2 atom stereocenters. The molecule has 134 valence electrons. The number of allylic oxidation sites excluding steroid dienone is 3. The highest BCUT2D eigenvalue weighted by molar-refractivity contribution is 6.42. The number of nitrogens with zero attached hydrogens (tertiary/aromatic N) is 1. The van der Waals surface area contributed by atoms with E-state index in [2.05, 4.69) is 4.90 Å². The van der Waals surface area contributed by atoms with Gasteiger partial charge in [-0.3, -0.25) is 14.4 Å². The number of hydrogen-bond acceptors (Lipinski definition) is 5. The van der Waals surface area contributed by atoms with Gasteiger partial charge >= 0.3 is 0 Å². The lowest BCUT2D eigenvalue weighted by Gasteiger charge is -2.32. The van der Waals surface area contributed by atoms with Gasteiger partial charge in [-0.25, -0.2) is 0 Å². The van der Waals surface area contributed by atoms with Gasteiger partial charge in [0.2, 0.25) is 5.78 Å². The van der Waals surface area contributed by atoms with Gasteiger partial charge in [-0.1, -0.05) is 49.4 Å². The molecule has 1 aromatic rings. The first-order chi connectivity index (χ1) is 12.6. The van der Waals surface area contributed by atoms with Crippen LogP contribution < -0.4 is 5.73 Å². The minimum Gasteiger partial charge on any atom is -0.433 e. The molecule has 1 aliphatic heterocycles. The van der Waals surface area contributed by atoms with E-state index >= 15 is 0 Å². The summed E-state index contributed by atoms with van der Waals surface area (Å²) >= 11 is 0. The predicted molar refractivity (Wildman–Crippen MR) is 95.2 cm³/mol. The summed E-state index contributed by atoms with van der Waals surface area (Å²) in [4.78, 5) is 37.2. The van der Waals surface area contributed by atoms with Gasteiger partial charge in [0.15, 0.2) is 0 Å². The number of carbonyl (C=O) groups is 3. The van der Waals surface area contributed by atoms with E-state index in [-0.39, 0.29) is 6.04 Å². The second-order valence-corrected chi connectivity index (χ2v) is 6.16. The molecule has 0 bridgehead atoms. The average molecular weight is 352 g/mol. The normalized spacial score (nSPS) is 21.3. The van der Waals surface area contributed by atoms with Gasteiger partial charge in [0, 0.05) is 17.8 Å². The number of nitrogens with two attached hydrogens (primary N) is 1. The van der Waals surface area contributed by atoms with Crippen LogP contribution >= 0.6 is 0 Å². The van der Waals surface area contributed by atoms with Gasteiger partial charge in [0.25, 0.3) is 12.4 Å². The zero-order valence-corrected chi connectivity index (χ0v) is 14.4. The fourth-order valence-electron chi connectivity index (χ4n) is 3.71. The second-order valence-electron chi connectivity index (χ2n) is 6.16. The number of primary amides is 1. The molecule has 0 aromatic heterocycles. The Hall–Kier alpha value is -3.15. The van der Waals surface area contributed by atoms with Gasteiger partial charge < -0.3 is 15.4 Å². The Labute approximate surface area is 151 Å². The van der Waals surface area contributed by atoms with Crippen LogP contribution in [0.15, 0.2) is 65.6 Å². The van der Waals surface area contributed by atoms with E-state index in [9.17, 15) is 14.4 Å². The van der Waals surface area contributed by atoms with E-state index in [4.69, 9.17) is 10.5 Å². The van der Waals surface area contributed by atoms with Crippen molar-refractivity contribution in [1.29, 1.82) is 0 Å². The van der Waals surface area contributed by atoms with E-state index in [1.165, 1.54) is 0 Å². The number of carbonyl (C=O) groups excluding carboxylic acids is 3. The highest BCUT2D eigenvalue weighted by Gasteiger charge is 2.46. The second kappa shape index (κ2) is 7.39. The number of hydrogen-bond donors (Lipinski definition) is 1. The molecule has 6 nitrogen and oxygen atoms in total. The van der Waals surface area contributed by atoms with E-state index in [0.717, 1.165) is 11.3 Å². The number of rotatable bonds is 7. The molecule has 0 saturated heterocycles. The van der Waals surface area contributed by atoms with Crippen molar-refractivity contribution >= 4 is 18.2 Å². The van der Waals surface area contributed by atoms with Crippen LogP contribution in [0.1, 0.15) is 18.9 Å². The van der Waals surface area contributed by atoms with Crippen LogP contribution in [0.5, 0.6) is 0 Å². The Morgan fingerprint density at radius 2 is 2.00 bits per heavy atom. The molecule has 6 heteroatoms. The summed E-state index contributed by atoms with van der Waals surface area (Å²) in [6.07, 6.45) is 5.94. The molecule has 2 N–H and O–H groups in total. The van der Waals surface area contributed by atoms with Gasteiger partial charge in [-0.15, -0.1) is 0 Å². The maximum absolute atomic E-state index is 12.6. The lowest BCUT2D eigenvalue weighted by molar-refractivity contribution is -0.134. The van der Waals surface area contributed by atoms with Crippen LogP contribution in [0, 0.1) is 5.92 Å². The zero-order valence-electron chi connectivity index (χ0n) is 14.4. The molecule has 0 spiro atoms. The van der Waals surface area contributed by atoms with Crippen LogP contribution in [0.3, 0.4) is 0 Å². The summed E-state index contributed by atoms with van der Waals surface area (Å²) in [6.45, 7) is 2.83. The van der Waals surface area contributed by atoms with Gasteiger partial charge in [0.05, 0.1) is 12.0 Å². The number of amides is 1. The molecular formula is C20H20N2O4. The van der Waals surface area contributed by atoms with Crippen molar-refractivity contribution in [1.82, 2.24) is 4.90 Å². The van der Waals surface area contributed by atoms with Crippen LogP contribution in [-0.4, -0.2) is 29.1 Å². The van der Waals surface area contributed by atoms with Crippen molar-refractivity contribution in [2.45, 2.75) is 25.9 Å². The minimum atomic E-state index is -1.01. The first kappa shape index (κ1) is 17.7. The lowest BCUT2D eigenvalue weighted by atomic mass is 9.86. The predicted octanol–water partition coefficient (Wildman–Crippen LogP) is 1.83. The van der Waals surface area contributed by atoms with Crippen LogP contribution in [-0.2, 0) is 25.7 Å². The van der Waals surface area contributed by atoms with Crippen molar-refractivity contribution < 1.29 is 19.1 Å². The van der Waals surface area contributed by atoms with Crippen molar-refractivity contribution in [2.75, 3.05) is 0 Å². The third-order valence-electron chi connectivity index (χ3n) is 4.73. The molecule has 1 amide bonds. The van der Waals surface area contributed by atoms with Gasteiger partial charge in [0.1, 0.15) is 5.76 Å². The molecule has 0 fully saturated rings. The van der Waals surface area contributed by atoms with E-state index in [1.807, 2.05) is 43.3 Å². The third-order valence-corrected chi connectivity index (χ3v) is 4.73. The lowest BCUT2D eigenvalue weighted by Crippen LogP contribution is -2.35. The number of benzene rings is 1. The molecule has 0 radical (unpaired) electrons. The van der Waals surface area contributed by atoms with E-state index in [1.54, 1.807) is 12.2 Å². The maximum atomic E-state index is 12.6. The van der Waals surface area contributed by atoms with Crippen molar-refractivity contribution in [3.05, 3.63) is 71.2 Å². The van der Waals surface area contributed by atoms with Crippen LogP contribution in [0.25, 0.3) is 0 Å². The molecule has 0 saturated carbocycles. The third kappa shape index (κ3) is 3.06. The molecule has 26 heavy (non-hydrogen) atoms. The van der Waals surface area contributed by atoms with Crippen molar-refractivity contribution in [3.8, 4) is 0 Å². The quantitative estimate of drug-likeness (QED) is 0.597. The molecule has 1 aliphatic carbocycles. The summed E-state index contributed by atoms with van der Waals surface area (Å²) in [5.41, 5.74) is 7.43. The Balaban J connectivity index is 2.08. The molecule has 1 heterocycles. The number of fused-ring (bicyclic) bond motifs is 1. The number of ether oxygens (including phenoxy) is 1.